The van der Waals surface area contributed by atoms with Crippen LogP contribution >= 0.6 is 0 Å². The second-order valence-electron chi connectivity index (χ2n) is 7.55. The summed E-state index contributed by atoms with van der Waals surface area (Å²) < 4.78 is 1.92. The fourth-order valence-corrected chi connectivity index (χ4v) is 3.62. The molecule has 4 rings (SSSR count). The maximum absolute atomic E-state index is 12.5. The molecule has 0 unspecified atom stereocenters. The number of aryl methyl sites for hydroxylation is 2. The number of hydrogen-bond acceptors (Lipinski definition) is 5. The summed E-state index contributed by atoms with van der Waals surface area (Å²) >= 11 is 0. The maximum atomic E-state index is 12.5. The Balaban J connectivity index is 1.28. The Morgan fingerprint density at radius 3 is 2.66 bits per heavy atom. The van der Waals surface area contributed by atoms with Crippen LogP contribution < -0.4 is 5.32 Å². The van der Waals surface area contributed by atoms with Crippen molar-refractivity contribution >= 4 is 22.8 Å². The van der Waals surface area contributed by atoms with Crippen LogP contribution in [0.2, 0.25) is 0 Å². The lowest BCUT2D eigenvalue weighted by molar-refractivity contribution is 0.0678. The van der Waals surface area contributed by atoms with Crippen LogP contribution in [-0.2, 0) is 7.05 Å². The maximum Gasteiger partial charge on any atom is 0.274 e. The number of likely N-dealkylation sites (tertiary alicyclic amines) is 1. The van der Waals surface area contributed by atoms with Crippen molar-refractivity contribution in [3.8, 4) is 0 Å². The third-order valence-electron chi connectivity index (χ3n) is 5.44. The van der Waals surface area contributed by atoms with Gasteiger partial charge in [-0.25, -0.2) is 9.97 Å². The summed E-state index contributed by atoms with van der Waals surface area (Å²) in [4.78, 5) is 39.5. The van der Waals surface area contributed by atoms with Crippen LogP contribution in [0, 0.1) is 12.8 Å². The van der Waals surface area contributed by atoms with Crippen LogP contribution in [0.3, 0.4) is 0 Å². The van der Waals surface area contributed by atoms with E-state index in [-0.39, 0.29) is 11.8 Å². The highest BCUT2D eigenvalue weighted by Gasteiger charge is 2.25. The molecular weight excluding hydrogens is 368 g/mol. The van der Waals surface area contributed by atoms with Crippen LogP contribution in [-0.4, -0.2) is 55.9 Å². The Morgan fingerprint density at radius 1 is 1.14 bits per heavy atom. The van der Waals surface area contributed by atoms with Crippen molar-refractivity contribution in [2.75, 3.05) is 19.6 Å². The number of hydrogen-bond donors (Lipinski definition) is 1. The molecule has 0 radical (unpaired) electrons. The molecule has 1 N–H and O–H groups in total. The van der Waals surface area contributed by atoms with E-state index in [0.717, 1.165) is 29.6 Å². The number of rotatable bonds is 4. The van der Waals surface area contributed by atoms with Crippen LogP contribution in [0.15, 0.2) is 36.9 Å². The van der Waals surface area contributed by atoms with Crippen LogP contribution in [0.5, 0.6) is 0 Å². The Morgan fingerprint density at radius 2 is 1.93 bits per heavy atom. The Kier molecular flexibility index (Phi) is 5.24. The van der Waals surface area contributed by atoms with E-state index < -0.39 is 0 Å². The number of amides is 2. The molecular formula is C21H24N6O2. The number of nitrogens with one attached hydrogen (secondary N) is 1. The number of carbonyl (C=O) groups is 2. The van der Waals surface area contributed by atoms with Crippen molar-refractivity contribution in [1.82, 2.24) is 29.7 Å². The second-order valence-corrected chi connectivity index (χ2v) is 7.55. The van der Waals surface area contributed by atoms with Gasteiger partial charge < -0.3 is 14.8 Å². The molecule has 2 aromatic heterocycles. The average molecular weight is 392 g/mol. The minimum absolute atomic E-state index is 0.0800. The van der Waals surface area contributed by atoms with Gasteiger partial charge >= 0.3 is 0 Å². The van der Waals surface area contributed by atoms with E-state index in [0.29, 0.717) is 36.8 Å². The molecule has 0 saturated carbocycles. The molecule has 1 saturated heterocycles. The van der Waals surface area contributed by atoms with Gasteiger partial charge in [0.15, 0.2) is 0 Å². The molecule has 1 aliphatic heterocycles. The van der Waals surface area contributed by atoms with Crippen LogP contribution in [0.4, 0.5) is 0 Å². The largest absolute Gasteiger partial charge is 0.352 e. The Labute approximate surface area is 169 Å². The number of benzene rings is 1. The molecule has 3 aromatic rings. The van der Waals surface area contributed by atoms with Gasteiger partial charge in [0.05, 0.1) is 29.3 Å². The molecule has 3 heterocycles. The first-order chi connectivity index (χ1) is 14.0. The van der Waals surface area contributed by atoms with Crippen molar-refractivity contribution in [3.05, 3.63) is 53.9 Å². The minimum Gasteiger partial charge on any atom is -0.352 e. The number of nitrogens with zero attached hydrogens (tertiary/aromatic N) is 5. The molecule has 0 aliphatic carbocycles. The molecule has 0 bridgehead atoms. The molecule has 1 aromatic carbocycles. The zero-order valence-electron chi connectivity index (χ0n) is 16.6. The molecule has 150 valence electrons. The molecule has 8 heteroatoms. The van der Waals surface area contributed by atoms with Crippen molar-refractivity contribution < 1.29 is 9.59 Å². The number of imidazole rings is 1. The summed E-state index contributed by atoms with van der Waals surface area (Å²) in [6.45, 7) is 3.77. The van der Waals surface area contributed by atoms with Crippen LogP contribution in [0.1, 0.15) is 39.4 Å². The second kappa shape index (κ2) is 7.98. The van der Waals surface area contributed by atoms with E-state index in [4.69, 9.17) is 0 Å². The van der Waals surface area contributed by atoms with E-state index in [9.17, 15) is 9.59 Å². The van der Waals surface area contributed by atoms with E-state index in [1.54, 1.807) is 12.5 Å². The predicted octanol–water partition coefficient (Wildman–Crippen LogP) is 1.95. The van der Waals surface area contributed by atoms with Crippen molar-refractivity contribution in [3.63, 3.8) is 0 Å². The molecule has 8 nitrogen and oxygen atoms in total. The SMILES string of the molecule is Cc1cnc(C(=O)N2CCC(CNC(=O)c3ccc4c(c3)ncn4C)CC2)cn1. The highest BCUT2D eigenvalue weighted by atomic mass is 16.2. The highest BCUT2D eigenvalue weighted by Crippen LogP contribution is 2.19. The zero-order chi connectivity index (χ0) is 20.4. The van der Waals surface area contributed by atoms with Gasteiger partial charge in [-0.15, -0.1) is 0 Å². The number of piperidine rings is 1. The first kappa shape index (κ1) is 19.0. The third kappa shape index (κ3) is 4.11. The lowest BCUT2D eigenvalue weighted by atomic mass is 9.96. The monoisotopic (exact) mass is 392 g/mol. The van der Waals surface area contributed by atoms with Crippen molar-refractivity contribution in [2.45, 2.75) is 19.8 Å². The molecule has 29 heavy (non-hydrogen) atoms. The summed E-state index contributed by atoms with van der Waals surface area (Å²) in [5.74, 6) is 0.181. The van der Waals surface area contributed by atoms with Gasteiger partial charge in [0.1, 0.15) is 5.69 Å². The van der Waals surface area contributed by atoms with Gasteiger partial charge in [-0.2, -0.15) is 0 Å². The third-order valence-corrected chi connectivity index (χ3v) is 5.44. The van der Waals surface area contributed by atoms with E-state index >= 15 is 0 Å². The van der Waals surface area contributed by atoms with Gasteiger partial charge in [0, 0.05) is 38.4 Å². The standard InChI is InChI=1S/C21H24N6O2/c1-14-10-23-18(12-22-14)21(29)27-7-5-15(6-8-27)11-24-20(28)16-3-4-19-17(9-16)25-13-26(19)2/h3-4,9-10,12-13,15H,5-8,11H2,1-2H3,(H,24,28). The molecule has 1 aliphatic rings. The Hall–Kier alpha value is -3.29. The minimum atomic E-state index is -0.0917. The van der Waals surface area contributed by atoms with Gasteiger partial charge in [-0.3, -0.25) is 14.6 Å². The zero-order valence-corrected chi connectivity index (χ0v) is 16.6. The molecule has 2 amide bonds. The van der Waals surface area contributed by atoms with Crippen LogP contribution in [0.25, 0.3) is 11.0 Å². The number of aromatic nitrogens is 4. The highest BCUT2D eigenvalue weighted by molar-refractivity contribution is 5.97. The smallest absolute Gasteiger partial charge is 0.274 e. The lowest BCUT2D eigenvalue weighted by Gasteiger charge is -2.31. The quantitative estimate of drug-likeness (QED) is 0.733. The fraction of sp³-hybridized carbons (Fsp3) is 0.381. The van der Waals surface area contributed by atoms with E-state index in [1.807, 2.05) is 41.6 Å². The molecule has 0 atom stereocenters. The topological polar surface area (TPSA) is 93.0 Å². The average Bonchev–Trinajstić information content (AvgIpc) is 3.12. The van der Waals surface area contributed by atoms with Gasteiger partial charge in [0.25, 0.3) is 11.8 Å². The first-order valence-electron chi connectivity index (χ1n) is 9.78. The van der Waals surface area contributed by atoms with Crippen molar-refractivity contribution in [2.24, 2.45) is 13.0 Å². The number of carbonyl (C=O) groups excluding carboxylic acids is 2. The van der Waals surface area contributed by atoms with E-state index in [2.05, 4.69) is 20.3 Å². The predicted molar refractivity (Wildman–Crippen MR) is 108 cm³/mol. The number of fused-ring (bicyclic) bond motifs is 1. The summed E-state index contributed by atoms with van der Waals surface area (Å²) in [5.41, 5.74) is 3.59. The van der Waals surface area contributed by atoms with Gasteiger partial charge in [0.2, 0.25) is 0 Å². The Bertz CT molecular complexity index is 1040. The van der Waals surface area contributed by atoms with Crippen molar-refractivity contribution in [1.29, 1.82) is 0 Å². The fourth-order valence-electron chi connectivity index (χ4n) is 3.62. The summed E-state index contributed by atoms with van der Waals surface area (Å²) in [6, 6.07) is 5.55. The van der Waals surface area contributed by atoms with E-state index in [1.165, 1.54) is 6.20 Å². The first-order valence-corrected chi connectivity index (χ1v) is 9.78. The molecule has 0 spiro atoms. The van der Waals surface area contributed by atoms with Gasteiger partial charge in [-0.1, -0.05) is 0 Å². The summed E-state index contributed by atoms with van der Waals surface area (Å²) in [7, 11) is 1.93. The van der Waals surface area contributed by atoms with Gasteiger partial charge in [-0.05, 0) is 43.9 Å². The lowest BCUT2D eigenvalue weighted by Crippen LogP contribution is -2.41. The normalized spacial score (nSPS) is 14.9. The summed E-state index contributed by atoms with van der Waals surface area (Å²) in [6.07, 6.45) is 6.58. The summed E-state index contributed by atoms with van der Waals surface area (Å²) in [5, 5.41) is 3.02. The molecule has 1 fully saturated rings.